The summed E-state index contributed by atoms with van der Waals surface area (Å²) in [6.45, 7) is 8.08. The largest absolute Gasteiger partial charge is 0.458 e. The van der Waals surface area contributed by atoms with Crippen LogP contribution in [0.3, 0.4) is 0 Å². The fourth-order valence-corrected chi connectivity index (χ4v) is 3.70. The van der Waals surface area contributed by atoms with E-state index in [2.05, 4.69) is 13.2 Å². The summed E-state index contributed by atoms with van der Waals surface area (Å²) in [5, 5.41) is 0. The van der Waals surface area contributed by atoms with Crippen molar-refractivity contribution < 1.29 is 9.53 Å². The maximum Gasteiger partial charge on any atom is 0.334 e. The number of ether oxygens (including phenoxy) is 1. The molecule has 0 aromatic rings. The van der Waals surface area contributed by atoms with Gasteiger partial charge >= 0.3 is 5.97 Å². The van der Waals surface area contributed by atoms with E-state index in [0.717, 1.165) is 12.8 Å². The predicted molar refractivity (Wildman–Crippen MR) is 61.7 cm³/mol. The monoisotopic (exact) mass is 218 g/mol. The number of esters is 1. The molecule has 0 unspecified atom stereocenters. The lowest BCUT2D eigenvalue weighted by Gasteiger charge is -2.41. The van der Waals surface area contributed by atoms with E-state index >= 15 is 0 Å². The fourth-order valence-electron chi connectivity index (χ4n) is 3.70. The van der Waals surface area contributed by atoms with Gasteiger partial charge in [-0.2, -0.15) is 0 Å². The van der Waals surface area contributed by atoms with Gasteiger partial charge in [-0.15, -0.1) is 0 Å². The van der Waals surface area contributed by atoms with Gasteiger partial charge in [-0.05, 0) is 43.9 Å². The van der Waals surface area contributed by atoms with Gasteiger partial charge in [0, 0.05) is 11.5 Å². The Labute approximate surface area is 96.4 Å². The maximum atomic E-state index is 11.5. The maximum absolute atomic E-state index is 11.5. The molecule has 16 heavy (non-hydrogen) atoms. The van der Waals surface area contributed by atoms with Crippen LogP contribution in [0.15, 0.2) is 24.3 Å². The zero-order chi connectivity index (χ0) is 11.3. The molecule has 2 heteroatoms. The minimum Gasteiger partial charge on any atom is -0.458 e. The van der Waals surface area contributed by atoms with Gasteiger partial charge in [-0.1, -0.05) is 18.7 Å². The highest BCUT2D eigenvalue weighted by Gasteiger charge is 2.47. The van der Waals surface area contributed by atoms with Crippen LogP contribution in [0.25, 0.3) is 0 Å². The zero-order valence-corrected chi connectivity index (χ0v) is 9.58. The summed E-state index contributed by atoms with van der Waals surface area (Å²) in [6.07, 6.45) is 5.88. The van der Waals surface area contributed by atoms with E-state index in [9.17, 15) is 4.79 Å². The molecule has 0 spiro atoms. The third-order valence-corrected chi connectivity index (χ3v) is 4.63. The van der Waals surface area contributed by atoms with Crippen molar-refractivity contribution in [2.45, 2.75) is 38.2 Å². The summed E-state index contributed by atoms with van der Waals surface area (Å²) in [4.78, 5) is 11.5. The Balaban J connectivity index is 1.84. The third kappa shape index (κ3) is 1.35. The average Bonchev–Trinajstić information content (AvgIpc) is 2.53. The Morgan fingerprint density at radius 3 is 2.81 bits per heavy atom. The Morgan fingerprint density at radius 2 is 2.00 bits per heavy atom. The Kier molecular flexibility index (Phi) is 2.20. The van der Waals surface area contributed by atoms with Crippen LogP contribution in [-0.2, 0) is 9.53 Å². The first kappa shape index (κ1) is 10.1. The lowest BCUT2D eigenvalue weighted by Crippen LogP contribution is -2.36. The molecule has 3 rings (SSSR count). The molecule has 2 nitrogen and oxygen atoms in total. The van der Waals surface area contributed by atoms with Crippen LogP contribution in [0.5, 0.6) is 0 Å². The Morgan fingerprint density at radius 1 is 1.19 bits per heavy atom. The van der Waals surface area contributed by atoms with Crippen molar-refractivity contribution in [2.75, 3.05) is 0 Å². The molecule has 2 saturated carbocycles. The zero-order valence-electron chi connectivity index (χ0n) is 9.58. The second-order valence-corrected chi connectivity index (χ2v) is 5.46. The van der Waals surface area contributed by atoms with Gasteiger partial charge in [0.1, 0.15) is 6.10 Å². The number of allylic oxidation sites excluding steroid dienone is 1. The molecule has 3 fully saturated rings. The van der Waals surface area contributed by atoms with Crippen molar-refractivity contribution in [1.29, 1.82) is 0 Å². The molecule has 4 atom stereocenters. The normalized spacial score (nSPS) is 42.6. The van der Waals surface area contributed by atoms with Gasteiger partial charge in [-0.3, -0.25) is 0 Å². The molecule has 0 aromatic heterocycles. The third-order valence-electron chi connectivity index (χ3n) is 4.63. The number of hydrogen-bond acceptors (Lipinski definition) is 2. The lowest BCUT2D eigenvalue weighted by molar-refractivity contribution is -0.140. The second kappa shape index (κ2) is 3.47. The molecular weight excluding hydrogens is 200 g/mol. The first-order valence-corrected chi connectivity index (χ1v) is 6.24. The first-order chi connectivity index (χ1) is 7.66. The molecule has 1 heterocycles. The van der Waals surface area contributed by atoms with Crippen LogP contribution in [0.2, 0.25) is 0 Å². The van der Waals surface area contributed by atoms with E-state index in [-0.39, 0.29) is 18.0 Å². The number of carbonyl (C=O) groups excluding carboxylic acids is 1. The first-order valence-electron chi connectivity index (χ1n) is 6.24. The van der Waals surface area contributed by atoms with Crippen molar-refractivity contribution in [1.82, 2.24) is 0 Å². The van der Waals surface area contributed by atoms with Gasteiger partial charge in [0.15, 0.2) is 0 Å². The minimum atomic E-state index is -0.167. The van der Waals surface area contributed by atoms with Crippen LogP contribution in [0.1, 0.15) is 32.1 Å². The summed E-state index contributed by atoms with van der Waals surface area (Å²) in [5.74, 6) is 1.41. The number of rotatable bonds is 0. The topological polar surface area (TPSA) is 26.3 Å². The standard InChI is InChI=1S/C14H18O2/c1-8-4-3-5-10-6-13-12(7-11(8)10)9(2)14(15)16-13/h10-13H,1-7H2/t10-,11+,12-,13-/m1/s1. The van der Waals surface area contributed by atoms with E-state index in [4.69, 9.17) is 4.74 Å². The van der Waals surface area contributed by atoms with E-state index in [1.807, 2.05) is 0 Å². The highest BCUT2D eigenvalue weighted by Crippen LogP contribution is 2.49. The Hall–Kier alpha value is -1.05. The quantitative estimate of drug-likeness (QED) is 0.355. The van der Waals surface area contributed by atoms with Crippen LogP contribution >= 0.6 is 0 Å². The minimum absolute atomic E-state index is 0.118. The van der Waals surface area contributed by atoms with Crippen molar-refractivity contribution in [3.63, 3.8) is 0 Å². The van der Waals surface area contributed by atoms with Gasteiger partial charge in [0.25, 0.3) is 0 Å². The summed E-state index contributed by atoms with van der Waals surface area (Å²) in [6, 6.07) is 0. The molecule has 0 bridgehead atoms. The van der Waals surface area contributed by atoms with Gasteiger partial charge < -0.3 is 4.74 Å². The Bertz CT molecular complexity index is 369. The molecule has 0 radical (unpaired) electrons. The van der Waals surface area contributed by atoms with Crippen LogP contribution in [0, 0.1) is 17.8 Å². The van der Waals surface area contributed by atoms with E-state index in [0.29, 0.717) is 17.4 Å². The molecule has 0 amide bonds. The molecule has 2 aliphatic carbocycles. The predicted octanol–water partition coefficient (Wildman–Crippen LogP) is 2.85. The number of hydrogen-bond donors (Lipinski definition) is 0. The van der Waals surface area contributed by atoms with Gasteiger partial charge in [0.05, 0.1) is 0 Å². The smallest absolute Gasteiger partial charge is 0.334 e. The molecule has 86 valence electrons. The highest BCUT2D eigenvalue weighted by molar-refractivity contribution is 5.90. The van der Waals surface area contributed by atoms with Crippen LogP contribution in [0.4, 0.5) is 0 Å². The molecule has 3 aliphatic rings. The summed E-state index contributed by atoms with van der Waals surface area (Å²) >= 11 is 0. The van der Waals surface area contributed by atoms with Crippen molar-refractivity contribution in [3.05, 3.63) is 24.3 Å². The summed E-state index contributed by atoms with van der Waals surface area (Å²) in [7, 11) is 0. The molecule has 1 saturated heterocycles. The van der Waals surface area contributed by atoms with Gasteiger partial charge in [0.2, 0.25) is 0 Å². The molecular formula is C14H18O2. The van der Waals surface area contributed by atoms with E-state index in [1.54, 1.807) is 0 Å². The van der Waals surface area contributed by atoms with Gasteiger partial charge in [-0.25, -0.2) is 4.79 Å². The average molecular weight is 218 g/mol. The van der Waals surface area contributed by atoms with Crippen molar-refractivity contribution in [3.8, 4) is 0 Å². The van der Waals surface area contributed by atoms with Crippen molar-refractivity contribution >= 4 is 5.97 Å². The van der Waals surface area contributed by atoms with Crippen LogP contribution in [-0.4, -0.2) is 12.1 Å². The fraction of sp³-hybridized carbons (Fsp3) is 0.643. The summed E-state index contributed by atoms with van der Waals surface area (Å²) < 4.78 is 5.39. The lowest BCUT2D eigenvalue weighted by atomic mass is 9.64. The van der Waals surface area contributed by atoms with Crippen LogP contribution < -0.4 is 0 Å². The van der Waals surface area contributed by atoms with E-state index < -0.39 is 0 Å². The van der Waals surface area contributed by atoms with E-state index in [1.165, 1.54) is 24.8 Å². The number of carbonyl (C=O) groups is 1. The molecule has 0 N–H and O–H groups in total. The molecule has 1 aliphatic heterocycles. The summed E-state index contributed by atoms with van der Waals surface area (Å²) in [5.41, 5.74) is 2.09. The second-order valence-electron chi connectivity index (χ2n) is 5.46. The SMILES string of the molecule is C=C1C(=O)O[C@@H]2C[C@H]3CCCC(=C)[C@@H]3C[C@H]12. The number of fused-ring (bicyclic) bond motifs is 2. The highest BCUT2D eigenvalue weighted by atomic mass is 16.6. The van der Waals surface area contributed by atoms with Crippen molar-refractivity contribution in [2.24, 2.45) is 17.8 Å². The molecule has 0 aromatic carbocycles.